The molecule has 0 saturated heterocycles. The lowest BCUT2D eigenvalue weighted by Crippen LogP contribution is -2.37. The van der Waals surface area contributed by atoms with Crippen molar-refractivity contribution in [1.29, 1.82) is 0 Å². The van der Waals surface area contributed by atoms with Gasteiger partial charge in [-0.1, -0.05) is 25.7 Å². The summed E-state index contributed by atoms with van der Waals surface area (Å²) in [6.07, 6.45) is 8.37. The standard InChI is InChI=1S/C25H30FN5O/c1-15-10-21(26)23(31-25(32)30-18-8-6-4-5-7-9-18)12-19(15)20-11-17-14-28-24(27-3)13-22(17)29-16(20)2/h10-14,18H,4-9H2,1-3H3,(H,27,28)(H2,30,31,32). The second-order valence-corrected chi connectivity index (χ2v) is 8.57. The molecule has 1 saturated carbocycles. The van der Waals surface area contributed by atoms with Crippen molar-refractivity contribution in [1.82, 2.24) is 15.3 Å². The molecule has 3 aromatic rings. The number of aromatic nitrogens is 2. The summed E-state index contributed by atoms with van der Waals surface area (Å²) in [7, 11) is 1.82. The van der Waals surface area contributed by atoms with Crippen LogP contribution in [-0.4, -0.2) is 29.1 Å². The van der Waals surface area contributed by atoms with Crippen LogP contribution in [-0.2, 0) is 0 Å². The normalized spacial score (nSPS) is 14.8. The van der Waals surface area contributed by atoms with E-state index in [0.29, 0.717) is 0 Å². The molecule has 168 valence electrons. The summed E-state index contributed by atoms with van der Waals surface area (Å²) in [4.78, 5) is 21.7. The van der Waals surface area contributed by atoms with Crippen molar-refractivity contribution in [3.05, 3.63) is 47.5 Å². The molecule has 2 aromatic heterocycles. The largest absolute Gasteiger partial charge is 0.373 e. The van der Waals surface area contributed by atoms with Gasteiger partial charge in [-0.15, -0.1) is 0 Å². The van der Waals surface area contributed by atoms with Crippen LogP contribution in [0.2, 0.25) is 0 Å². The van der Waals surface area contributed by atoms with E-state index in [4.69, 9.17) is 4.98 Å². The number of halogens is 1. The van der Waals surface area contributed by atoms with Gasteiger partial charge in [0.1, 0.15) is 11.6 Å². The highest BCUT2D eigenvalue weighted by Gasteiger charge is 2.18. The Kier molecular flexibility index (Phi) is 6.53. The minimum absolute atomic E-state index is 0.146. The van der Waals surface area contributed by atoms with Crippen molar-refractivity contribution < 1.29 is 9.18 Å². The maximum absolute atomic E-state index is 14.7. The third-order valence-electron chi connectivity index (χ3n) is 6.19. The average molecular weight is 436 g/mol. The summed E-state index contributed by atoms with van der Waals surface area (Å²) in [5, 5.41) is 9.65. The van der Waals surface area contributed by atoms with Gasteiger partial charge in [-0.25, -0.2) is 14.2 Å². The average Bonchev–Trinajstić information content (AvgIpc) is 3.03. The second kappa shape index (κ2) is 9.51. The summed E-state index contributed by atoms with van der Waals surface area (Å²) in [5.41, 5.74) is 4.34. The van der Waals surface area contributed by atoms with E-state index in [0.717, 1.165) is 64.8 Å². The lowest BCUT2D eigenvalue weighted by Gasteiger charge is -2.18. The zero-order valence-electron chi connectivity index (χ0n) is 18.9. The van der Waals surface area contributed by atoms with E-state index in [1.165, 1.54) is 18.9 Å². The molecule has 0 bridgehead atoms. The fraction of sp³-hybridized carbons (Fsp3) is 0.400. The molecule has 4 rings (SSSR count). The Morgan fingerprint density at radius 2 is 1.78 bits per heavy atom. The molecular formula is C25H30FN5O. The van der Waals surface area contributed by atoms with Crippen LogP contribution in [0.1, 0.15) is 49.8 Å². The number of benzene rings is 1. The van der Waals surface area contributed by atoms with Crippen LogP contribution >= 0.6 is 0 Å². The summed E-state index contributed by atoms with van der Waals surface area (Å²) < 4.78 is 14.7. The van der Waals surface area contributed by atoms with E-state index in [1.54, 1.807) is 12.3 Å². The highest BCUT2D eigenvalue weighted by Crippen LogP contribution is 2.32. The first-order valence-corrected chi connectivity index (χ1v) is 11.3. The van der Waals surface area contributed by atoms with Gasteiger partial charge in [-0.3, -0.25) is 4.98 Å². The monoisotopic (exact) mass is 435 g/mol. The third-order valence-corrected chi connectivity index (χ3v) is 6.19. The van der Waals surface area contributed by atoms with Gasteiger partial charge in [0.05, 0.1) is 11.2 Å². The van der Waals surface area contributed by atoms with Gasteiger partial charge in [0.2, 0.25) is 0 Å². The molecule has 0 radical (unpaired) electrons. The fourth-order valence-corrected chi connectivity index (χ4v) is 4.40. The lowest BCUT2D eigenvalue weighted by molar-refractivity contribution is 0.247. The Bertz CT molecular complexity index is 1140. The Hall–Kier alpha value is -3.22. The Morgan fingerprint density at radius 3 is 2.50 bits per heavy atom. The van der Waals surface area contributed by atoms with Crippen LogP contribution < -0.4 is 16.0 Å². The molecule has 2 heterocycles. The van der Waals surface area contributed by atoms with Crippen LogP contribution in [0, 0.1) is 19.7 Å². The van der Waals surface area contributed by atoms with E-state index in [2.05, 4.69) is 20.9 Å². The number of pyridine rings is 2. The van der Waals surface area contributed by atoms with Crippen LogP contribution in [0.3, 0.4) is 0 Å². The first kappa shape index (κ1) is 22.0. The Morgan fingerprint density at radius 1 is 1.03 bits per heavy atom. The number of amides is 2. The molecule has 2 amide bonds. The van der Waals surface area contributed by atoms with E-state index in [-0.39, 0.29) is 17.8 Å². The molecule has 0 spiro atoms. The number of urea groups is 1. The van der Waals surface area contributed by atoms with Crippen molar-refractivity contribution in [3.63, 3.8) is 0 Å². The van der Waals surface area contributed by atoms with E-state index in [1.807, 2.05) is 33.0 Å². The van der Waals surface area contributed by atoms with Gasteiger partial charge < -0.3 is 16.0 Å². The molecule has 1 aliphatic carbocycles. The first-order valence-electron chi connectivity index (χ1n) is 11.3. The fourth-order valence-electron chi connectivity index (χ4n) is 4.40. The number of aryl methyl sites for hydroxylation is 2. The molecule has 0 atom stereocenters. The van der Waals surface area contributed by atoms with Gasteiger partial charge in [0, 0.05) is 42.0 Å². The van der Waals surface area contributed by atoms with Crippen molar-refractivity contribution in [3.8, 4) is 11.1 Å². The number of rotatable bonds is 4. The predicted molar refractivity (Wildman–Crippen MR) is 128 cm³/mol. The number of nitrogens with zero attached hydrogens (tertiary/aromatic N) is 2. The Balaban J connectivity index is 1.62. The quantitative estimate of drug-likeness (QED) is 0.443. The third kappa shape index (κ3) is 4.82. The second-order valence-electron chi connectivity index (χ2n) is 8.57. The smallest absolute Gasteiger partial charge is 0.319 e. The van der Waals surface area contributed by atoms with Gasteiger partial charge >= 0.3 is 6.03 Å². The number of carbonyl (C=O) groups excluding carboxylic acids is 1. The SMILES string of the molecule is CNc1cc2nc(C)c(-c3cc(NC(=O)NC4CCCCCC4)c(F)cc3C)cc2cn1. The zero-order chi connectivity index (χ0) is 22.7. The van der Waals surface area contributed by atoms with Gasteiger partial charge in [-0.2, -0.15) is 0 Å². The van der Waals surface area contributed by atoms with Gasteiger partial charge in [-0.05, 0) is 56.0 Å². The molecule has 3 N–H and O–H groups in total. The van der Waals surface area contributed by atoms with E-state index in [9.17, 15) is 9.18 Å². The number of hydrogen-bond donors (Lipinski definition) is 3. The summed E-state index contributed by atoms with van der Waals surface area (Å²) in [5.74, 6) is 0.301. The molecule has 6 nitrogen and oxygen atoms in total. The molecule has 1 aromatic carbocycles. The van der Waals surface area contributed by atoms with Crippen molar-refractivity contribution in [2.75, 3.05) is 17.7 Å². The minimum atomic E-state index is -0.450. The summed E-state index contributed by atoms with van der Waals surface area (Å²) in [6, 6.07) is 6.86. The van der Waals surface area contributed by atoms with Crippen molar-refractivity contribution in [2.45, 2.75) is 58.4 Å². The van der Waals surface area contributed by atoms with Crippen molar-refractivity contribution >= 4 is 28.4 Å². The molecule has 1 fully saturated rings. The van der Waals surface area contributed by atoms with Gasteiger partial charge in [0.25, 0.3) is 0 Å². The molecule has 0 unspecified atom stereocenters. The first-order chi connectivity index (χ1) is 15.4. The molecule has 32 heavy (non-hydrogen) atoms. The summed E-state index contributed by atoms with van der Waals surface area (Å²) >= 11 is 0. The van der Waals surface area contributed by atoms with Crippen LogP contribution in [0.15, 0.2) is 30.5 Å². The zero-order valence-corrected chi connectivity index (χ0v) is 18.9. The maximum atomic E-state index is 14.7. The van der Waals surface area contributed by atoms with E-state index >= 15 is 0 Å². The maximum Gasteiger partial charge on any atom is 0.319 e. The van der Waals surface area contributed by atoms with Gasteiger partial charge in [0.15, 0.2) is 0 Å². The van der Waals surface area contributed by atoms with Crippen LogP contribution in [0.25, 0.3) is 22.0 Å². The number of anilines is 2. The molecule has 7 heteroatoms. The summed E-state index contributed by atoms with van der Waals surface area (Å²) in [6.45, 7) is 3.79. The molecule has 0 aliphatic heterocycles. The minimum Gasteiger partial charge on any atom is -0.373 e. The topological polar surface area (TPSA) is 78.9 Å². The predicted octanol–water partition coefficient (Wildman–Crippen LogP) is 5.94. The Labute approximate surface area is 188 Å². The highest BCUT2D eigenvalue weighted by atomic mass is 19.1. The number of hydrogen-bond acceptors (Lipinski definition) is 4. The number of nitrogens with one attached hydrogen (secondary N) is 3. The van der Waals surface area contributed by atoms with Crippen LogP contribution in [0.4, 0.5) is 20.7 Å². The highest BCUT2D eigenvalue weighted by molar-refractivity contribution is 5.92. The molecule has 1 aliphatic rings. The lowest BCUT2D eigenvalue weighted by atomic mass is 9.97. The number of fused-ring (bicyclic) bond motifs is 1. The molecular weight excluding hydrogens is 405 g/mol. The number of carbonyl (C=O) groups is 1. The van der Waals surface area contributed by atoms with Crippen molar-refractivity contribution in [2.24, 2.45) is 0 Å². The van der Waals surface area contributed by atoms with Crippen LogP contribution in [0.5, 0.6) is 0 Å². The van der Waals surface area contributed by atoms with E-state index < -0.39 is 5.82 Å².